The number of carbonyl (C=O) groups excluding carboxylic acids is 1. The fourth-order valence-corrected chi connectivity index (χ4v) is 4.08. The van der Waals surface area contributed by atoms with Gasteiger partial charge in [-0.3, -0.25) is 4.79 Å². The molecule has 1 aliphatic heterocycles. The summed E-state index contributed by atoms with van der Waals surface area (Å²) in [6, 6.07) is 0. The van der Waals surface area contributed by atoms with Crippen molar-refractivity contribution in [3.05, 3.63) is 0 Å². The lowest BCUT2D eigenvalue weighted by atomic mass is 9.75. The molecule has 1 saturated heterocycles. The molecule has 3 N–H and O–H groups in total. The number of rotatable bonds is 3. The zero-order valence-electron chi connectivity index (χ0n) is 11.5. The smallest absolute Gasteiger partial charge is 0.233 e. The molecule has 1 amide bonds. The standard InChI is InChI=1S/C13H21N5OS/c14-12-15-13(17-16-12)20-8-11(19)18-6-5-9-3-1-2-4-10(9)7-18/h9-10H,1-8H2,(H3,14,15,16,17)/t9-,10+/m0/s1. The maximum absolute atomic E-state index is 12.3. The van der Waals surface area contributed by atoms with E-state index in [1.807, 2.05) is 4.90 Å². The second-order valence-corrected chi connectivity index (χ2v) is 6.67. The van der Waals surface area contributed by atoms with Crippen molar-refractivity contribution in [3.8, 4) is 0 Å². The highest BCUT2D eigenvalue weighted by molar-refractivity contribution is 7.99. The molecule has 0 radical (unpaired) electrons. The number of piperidine rings is 1. The van der Waals surface area contributed by atoms with Crippen LogP contribution in [0.2, 0.25) is 0 Å². The number of amides is 1. The maximum Gasteiger partial charge on any atom is 0.233 e. The summed E-state index contributed by atoms with van der Waals surface area (Å²) in [4.78, 5) is 18.3. The number of aromatic nitrogens is 3. The fraction of sp³-hybridized carbons (Fsp3) is 0.769. The van der Waals surface area contributed by atoms with Crippen molar-refractivity contribution in [2.75, 3.05) is 24.6 Å². The van der Waals surface area contributed by atoms with Crippen LogP contribution >= 0.6 is 11.8 Å². The molecule has 1 aliphatic carbocycles. The molecule has 2 fully saturated rings. The van der Waals surface area contributed by atoms with Crippen molar-refractivity contribution < 1.29 is 4.79 Å². The highest BCUT2D eigenvalue weighted by Gasteiger charge is 2.32. The maximum atomic E-state index is 12.3. The Balaban J connectivity index is 1.50. The third kappa shape index (κ3) is 3.08. The molecule has 0 unspecified atom stereocenters. The van der Waals surface area contributed by atoms with Crippen molar-refractivity contribution in [1.82, 2.24) is 20.1 Å². The lowest BCUT2D eigenvalue weighted by Crippen LogP contribution is -2.45. The first kappa shape index (κ1) is 13.7. The van der Waals surface area contributed by atoms with Gasteiger partial charge in [0.05, 0.1) is 5.75 Å². The number of carbonyl (C=O) groups is 1. The summed E-state index contributed by atoms with van der Waals surface area (Å²) < 4.78 is 0. The van der Waals surface area contributed by atoms with Gasteiger partial charge in [-0.25, -0.2) is 5.10 Å². The quantitative estimate of drug-likeness (QED) is 0.825. The second kappa shape index (κ2) is 6.03. The number of nitrogen functional groups attached to an aromatic ring is 1. The first-order valence-electron chi connectivity index (χ1n) is 7.31. The van der Waals surface area contributed by atoms with Gasteiger partial charge in [-0.05, 0) is 24.7 Å². The van der Waals surface area contributed by atoms with Gasteiger partial charge in [-0.1, -0.05) is 31.0 Å². The Hall–Kier alpha value is -1.24. The number of nitrogens with zero attached hydrogens (tertiary/aromatic N) is 3. The average Bonchev–Trinajstić information content (AvgIpc) is 2.90. The van der Waals surface area contributed by atoms with E-state index in [0.29, 0.717) is 16.9 Å². The summed E-state index contributed by atoms with van der Waals surface area (Å²) in [5.74, 6) is 2.47. The number of anilines is 1. The van der Waals surface area contributed by atoms with Crippen LogP contribution in [0.1, 0.15) is 32.1 Å². The molecular weight excluding hydrogens is 274 g/mol. The van der Waals surface area contributed by atoms with Gasteiger partial charge in [0.15, 0.2) is 0 Å². The monoisotopic (exact) mass is 295 g/mol. The van der Waals surface area contributed by atoms with Crippen LogP contribution in [0.3, 0.4) is 0 Å². The lowest BCUT2D eigenvalue weighted by Gasteiger charge is -2.41. The highest BCUT2D eigenvalue weighted by atomic mass is 32.2. The minimum Gasteiger partial charge on any atom is -0.368 e. The summed E-state index contributed by atoms with van der Waals surface area (Å²) in [5, 5.41) is 7.05. The Morgan fingerprint density at radius 3 is 2.90 bits per heavy atom. The summed E-state index contributed by atoms with van der Waals surface area (Å²) in [6.45, 7) is 1.86. The summed E-state index contributed by atoms with van der Waals surface area (Å²) in [5.41, 5.74) is 5.46. The lowest BCUT2D eigenvalue weighted by molar-refractivity contribution is -0.131. The van der Waals surface area contributed by atoms with Gasteiger partial charge < -0.3 is 10.6 Å². The normalized spacial score (nSPS) is 26.3. The van der Waals surface area contributed by atoms with E-state index in [4.69, 9.17) is 5.73 Å². The number of likely N-dealkylation sites (tertiary alicyclic amines) is 1. The van der Waals surface area contributed by atoms with Gasteiger partial charge in [0.2, 0.25) is 17.0 Å². The molecule has 0 aromatic carbocycles. The van der Waals surface area contributed by atoms with E-state index in [9.17, 15) is 4.79 Å². The van der Waals surface area contributed by atoms with Gasteiger partial charge in [-0.15, -0.1) is 5.10 Å². The van der Waals surface area contributed by atoms with Crippen LogP contribution in [-0.2, 0) is 4.79 Å². The van der Waals surface area contributed by atoms with Crippen LogP contribution in [0.25, 0.3) is 0 Å². The number of hydrogen-bond acceptors (Lipinski definition) is 5. The summed E-state index contributed by atoms with van der Waals surface area (Å²) >= 11 is 1.35. The molecule has 2 atom stereocenters. The zero-order valence-corrected chi connectivity index (χ0v) is 12.4. The Bertz CT molecular complexity index is 477. The van der Waals surface area contributed by atoms with Gasteiger partial charge in [-0.2, -0.15) is 4.98 Å². The number of fused-ring (bicyclic) bond motifs is 1. The number of hydrogen-bond donors (Lipinski definition) is 2. The molecule has 0 bridgehead atoms. The molecule has 20 heavy (non-hydrogen) atoms. The number of H-pyrrole nitrogens is 1. The Morgan fingerprint density at radius 1 is 1.35 bits per heavy atom. The average molecular weight is 295 g/mol. The van der Waals surface area contributed by atoms with E-state index in [1.54, 1.807) is 0 Å². The molecule has 2 aliphatic rings. The van der Waals surface area contributed by atoms with E-state index < -0.39 is 0 Å². The van der Waals surface area contributed by atoms with Crippen molar-refractivity contribution in [1.29, 1.82) is 0 Å². The SMILES string of the molecule is Nc1nc(SCC(=O)N2CC[C@@H]3CCCC[C@@H]3C2)n[nH]1. The molecule has 6 nitrogen and oxygen atoms in total. The zero-order chi connectivity index (χ0) is 13.9. The van der Waals surface area contributed by atoms with Gasteiger partial charge in [0.25, 0.3) is 0 Å². The van der Waals surface area contributed by atoms with Gasteiger partial charge >= 0.3 is 0 Å². The van der Waals surface area contributed by atoms with Gasteiger partial charge in [0, 0.05) is 13.1 Å². The molecule has 2 heterocycles. The molecular formula is C13H21N5OS. The predicted octanol–water partition coefficient (Wildman–Crippen LogP) is 1.52. The summed E-state index contributed by atoms with van der Waals surface area (Å²) in [6.07, 6.45) is 6.53. The van der Waals surface area contributed by atoms with Crippen LogP contribution in [0, 0.1) is 11.8 Å². The van der Waals surface area contributed by atoms with E-state index in [2.05, 4.69) is 15.2 Å². The molecule has 7 heteroatoms. The topological polar surface area (TPSA) is 87.9 Å². The summed E-state index contributed by atoms with van der Waals surface area (Å²) in [7, 11) is 0. The van der Waals surface area contributed by atoms with Crippen LogP contribution < -0.4 is 5.73 Å². The van der Waals surface area contributed by atoms with Crippen molar-refractivity contribution in [3.63, 3.8) is 0 Å². The predicted molar refractivity (Wildman–Crippen MR) is 78.2 cm³/mol. The molecule has 110 valence electrons. The van der Waals surface area contributed by atoms with Gasteiger partial charge in [0.1, 0.15) is 0 Å². The largest absolute Gasteiger partial charge is 0.368 e. The Kier molecular flexibility index (Phi) is 4.14. The van der Waals surface area contributed by atoms with Crippen LogP contribution in [0.15, 0.2) is 5.16 Å². The van der Waals surface area contributed by atoms with Crippen LogP contribution in [0.4, 0.5) is 5.95 Å². The van der Waals surface area contributed by atoms with E-state index in [0.717, 1.165) is 24.9 Å². The van der Waals surface area contributed by atoms with E-state index >= 15 is 0 Å². The molecule has 3 rings (SSSR count). The molecule has 1 aromatic rings. The Labute approximate surface area is 122 Å². The van der Waals surface area contributed by atoms with E-state index in [-0.39, 0.29) is 5.91 Å². The fourth-order valence-electron chi connectivity index (χ4n) is 3.37. The van der Waals surface area contributed by atoms with Crippen molar-refractivity contribution >= 4 is 23.6 Å². The number of nitrogens with two attached hydrogens (primary N) is 1. The minimum absolute atomic E-state index is 0.197. The minimum atomic E-state index is 0.197. The third-order valence-corrected chi connectivity index (χ3v) is 5.28. The highest BCUT2D eigenvalue weighted by Crippen LogP contribution is 2.36. The molecule has 1 aromatic heterocycles. The number of aromatic amines is 1. The van der Waals surface area contributed by atoms with E-state index in [1.165, 1.54) is 43.9 Å². The molecule has 0 spiro atoms. The first-order chi connectivity index (χ1) is 9.72. The molecule has 1 saturated carbocycles. The van der Waals surface area contributed by atoms with Crippen molar-refractivity contribution in [2.45, 2.75) is 37.3 Å². The Morgan fingerprint density at radius 2 is 2.15 bits per heavy atom. The third-order valence-electron chi connectivity index (χ3n) is 4.45. The van der Waals surface area contributed by atoms with Crippen molar-refractivity contribution in [2.24, 2.45) is 11.8 Å². The second-order valence-electron chi connectivity index (χ2n) is 5.72. The number of thioether (sulfide) groups is 1. The number of nitrogens with one attached hydrogen (secondary N) is 1. The first-order valence-corrected chi connectivity index (χ1v) is 8.29. The van der Waals surface area contributed by atoms with Crippen LogP contribution in [-0.4, -0.2) is 44.8 Å². The van der Waals surface area contributed by atoms with Crippen LogP contribution in [0.5, 0.6) is 0 Å².